The number of hydrogen-bond donors (Lipinski definition) is 1. The van der Waals surface area contributed by atoms with Crippen LogP contribution in [0.5, 0.6) is 0 Å². The minimum Gasteiger partial charge on any atom is -0.388 e. The van der Waals surface area contributed by atoms with Crippen LogP contribution in [0, 0.1) is 0 Å². The Bertz CT molecular complexity index is 830. The first-order valence-corrected chi connectivity index (χ1v) is 13.0. The molecule has 0 radical (unpaired) electrons. The van der Waals surface area contributed by atoms with Gasteiger partial charge in [0.05, 0.1) is 17.1 Å². The van der Waals surface area contributed by atoms with E-state index in [1.807, 2.05) is 85.7 Å². The molecule has 0 saturated carbocycles. The maximum atomic E-state index is 6.02. The first-order chi connectivity index (χ1) is 16.9. The number of aliphatic imine (C=N–C) groups is 2. The molecule has 0 aromatic heterocycles. The smallest absolute Gasteiger partial charge is 0.0894 e. The second-order valence-electron chi connectivity index (χ2n) is 6.67. The molecule has 1 aromatic rings. The van der Waals surface area contributed by atoms with Crippen LogP contribution in [-0.4, -0.2) is 25.6 Å². The molecule has 0 aliphatic carbocycles. The summed E-state index contributed by atoms with van der Waals surface area (Å²) in [6.07, 6.45) is 11.9. The maximum Gasteiger partial charge on any atom is 0.0894 e. The topological polar surface area (TPSA) is 46.0 Å². The SMILES string of the molecule is C/C=C\N=C(C)C(C)=NC(/C(/C=C\CC)=C/C)=C(\CC)Nc1ccc(Cl)cc1.CC.CC.COC. The number of rotatable bonds is 9. The molecular weight excluding hydrogens is 454 g/mol. The molecule has 0 fully saturated rings. The lowest BCUT2D eigenvalue weighted by Crippen LogP contribution is -2.09. The van der Waals surface area contributed by atoms with Crippen LogP contribution in [0.2, 0.25) is 5.02 Å². The minimum absolute atomic E-state index is 0.720. The Morgan fingerprint density at radius 1 is 0.971 bits per heavy atom. The van der Waals surface area contributed by atoms with Crippen molar-refractivity contribution in [3.63, 3.8) is 0 Å². The van der Waals surface area contributed by atoms with E-state index in [4.69, 9.17) is 16.6 Å². The van der Waals surface area contributed by atoms with Gasteiger partial charge in [-0.2, -0.15) is 0 Å². The Hall–Kier alpha value is -2.43. The van der Waals surface area contributed by atoms with Crippen LogP contribution < -0.4 is 5.32 Å². The number of nitrogens with zero attached hydrogens (tertiary/aromatic N) is 2. The first-order valence-electron chi connectivity index (χ1n) is 12.6. The third-order valence-corrected chi connectivity index (χ3v) is 4.37. The van der Waals surface area contributed by atoms with Crippen molar-refractivity contribution in [2.24, 2.45) is 9.98 Å². The van der Waals surface area contributed by atoms with E-state index in [2.05, 4.69) is 47.1 Å². The molecule has 0 aliphatic heterocycles. The summed E-state index contributed by atoms with van der Waals surface area (Å²) in [5.41, 5.74) is 5.83. The van der Waals surface area contributed by atoms with E-state index >= 15 is 0 Å². The zero-order chi connectivity index (χ0) is 27.6. The lowest BCUT2D eigenvalue weighted by atomic mass is 10.1. The lowest BCUT2D eigenvalue weighted by Gasteiger charge is -2.15. The average Bonchev–Trinajstić information content (AvgIpc) is 2.89. The largest absolute Gasteiger partial charge is 0.388 e. The monoisotopic (exact) mass is 503 g/mol. The molecule has 0 spiro atoms. The Morgan fingerprint density at radius 3 is 1.94 bits per heavy atom. The molecule has 1 N–H and O–H groups in total. The molecule has 0 amide bonds. The molecule has 4 nitrogen and oxygen atoms in total. The van der Waals surface area contributed by atoms with Crippen LogP contribution in [0.3, 0.4) is 0 Å². The highest BCUT2D eigenvalue weighted by atomic mass is 35.5. The Labute approximate surface area is 221 Å². The molecule has 0 bridgehead atoms. The highest BCUT2D eigenvalue weighted by molar-refractivity contribution is 6.41. The molecule has 0 aliphatic rings. The number of anilines is 1. The van der Waals surface area contributed by atoms with E-state index in [-0.39, 0.29) is 0 Å². The number of ether oxygens (including phenoxy) is 1. The van der Waals surface area contributed by atoms with Crippen LogP contribution in [0.4, 0.5) is 5.69 Å². The quantitative estimate of drug-likeness (QED) is 0.269. The van der Waals surface area contributed by atoms with Gasteiger partial charge in [0, 0.05) is 36.8 Å². The van der Waals surface area contributed by atoms with E-state index < -0.39 is 0 Å². The van der Waals surface area contributed by atoms with Crippen LogP contribution in [0.25, 0.3) is 0 Å². The van der Waals surface area contributed by atoms with Crippen molar-refractivity contribution in [1.29, 1.82) is 0 Å². The normalized spacial score (nSPS) is 12.7. The van der Waals surface area contributed by atoms with Gasteiger partial charge in [-0.1, -0.05) is 77.4 Å². The van der Waals surface area contributed by atoms with Gasteiger partial charge in [-0.15, -0.1) is 0 Å². The van der Waals surface area contributed by atoms with Gasteiger partial charge < -0.3 is 10.1 Å². The van der Waals surface area contributed by atoms with Crippen LogP contribution in [0.15, 0.2) is 81.7 Å². The van der Waals surface area contributed by atoms with Gasteiger partial charge in [-0.25, -0.2) is 4.99 Å². The Kier molecular flexibility index (Phi) is 27.8. The minimum atomic E-state index is 0.720. The fourth-order valence-corrected chi connectivity index (χ4v) is 2.54. The number of benzene rings is 1. The third kappa shape index (κ3) is 17.6. The zero-order valence-electron chi connectivity index (χ0n) is 24.3. The highest BCUT2D eigenvalue weighted by Gasteiger charge is 2.10. The van der Waals surface area contributed by atoms with E-state index in [9.17, 15) is 0 Å². The van der Waals surface area contributed by atoms with E-state index in [1.54, 1.807) is 20.4 Å². The van der Waals surface area contributed by atoms with Crippen molar-refractivity contribution < 1.29 is 4.74 Å². The van der Waals surface area contributed by atoms with E-state index in [0.717, 1.165) is 51.9 Å². The second kappa shape index (κ2) is 26.2. The Balaban J connectivity index is -0.00000132. The summed E-state index contributed by atoms with van der Waals surface area (Å²) in [7, 11) is 3.25. The van der Waals surface area contributed by atoms with Gasteiger partial charge in [0.1, 0.15) is 0 Å². The summed E-state index contributed by atoms with van der Waals surface area (Å²) in [5.74, 6) is 0. The number of nitrogens with one attached hydrogen (secondary N) is 1. The van der Waals surface area contributed by atoms with Gasteiger partial charge in [-0.3, -0.25) is 4.99 Å². The standard InChI is InChI=1S/C24H32ClN3.C2H6O.2C2H6/c1-7-11-12-20(9-3)24(27-19(6)18(5)26-17-8-2)23(10-4)28-22-15-13-21(25)14-16-22;1-3-2;2*1-2/h8-9,11-17,28H,7,10H2,1-6H3;1-2H3;2*1-2H3/b12-11-,17-8-,20-9+,24-23+,26-18?,27-19?;;;. The van der Waals surface area contributed by atoms with Crippen LogP contribution in [-0.2, 0) is 4.74 Å². The van der Waals surface area contributed by atoms with Crippen molar-refractivity contribution in [2.45, 2.75) is 82.1 Å². The fourth-order valence-electron chi connectivity index (χ4n) is 2.41. The van der Waals surface area contributed by atoms with Crippen molar-refractivity contribution in [3.8, 4) is 0 Å². The average molecular weight is 504 g/mol. The number of hydrogen-bond acceptors (Lipinski definition) is 4. The zero-order valence-corrected chi connectivity index (χ0v) is 25.0. The van der Waals surface area contributed by atoms with E-state index in [0.29, 0.717) is 0 Å². The van der Waals surface area contributed by atoms with Gasteiger partial charge in [0.2, 0.25) is 0 Å². The molecule has 1 rings (SSSR count). The summed E-state index contributed by atoms with van der Waals surface area (Å²) in [6.45, 7) is 20.2. The third-order valence-electron chi connectivity index (χ3n) is 4.12. The summed E-state index contributed by atoms with van der Waals surface area (Å²) < 4.78 is 4.25. The fraction of sp³-hybridized carbons (Fsp3) is 0.467. The number of halogens is 1. The summed E-state index contributed by atoms with van der Waals surface area (Å²) in [5, 5.41) is 4.24. The summed E-state index contributed by atoms with van der Waals surface area (Å²) in [4.78, 5) is 9.39. The summed E-state index contributed by atoms with van der Waals surface area (Å²) >= 11 is 6.02. The van der Waals surface area contributed by atoms with Gasteiger partial charge in [0.25, 0.3) is 0 Å². The van der Waals surface area contributed by atoms with Crippen LogP contribution >= 0.6 is 11.6 Å². The van der Waals surface area contributed by atoms with Gasteiger partial charge in [-0.05, 0) is 70.4 Å². The van der Waals surface area contributed by atoms with Crippen LogP contribution in [0.1, 0.15) is 82.1 Å². The molecule has 0 heterocycles. The van der Waals surface area contributed by atoms with Crippen molar-refractivity contribution in [2.75, 3.05) is 19.5 Å². The maximum absolute atomic E-state index is 6.02. The second-order valence-corrected chi connectivity index (χ2v) is 7.11. The van der Waals surface area contributed by atoms with Crippen molar-refractivity contribution >= 4 is 28.7 Å². The predicted molar refractivity (Wildman–Crippen MR) is 162 cm³/mol. The molecule has 0 unspecified atom stereocenters. The number of methoxy groups -OCH3 is 1. The summed E-state index contributed by atoms with van der Waals surface area (Å²) in [6, 6.07) is 7.71. The number of allylic oxidation sites excluding steroid dienone is 5. The molecule has 0 saturated heterocycles. The molecule has 198 valence electrons. The first kappa shape index (κ1) is 37.1. The van der Waals surface area contributed by atoms with Crippen molar-refractivity contribution in [3.05, 3.63) is 76.8 Å². The molecule has 0 atom stereocenters. The molecule has 5 heteroatoms. The Morgan fingerprint density at radius 2 is 1.51 bits per heavy atom. The lowest BCUT2D eigenvalue weighted by molar-refractivity contribution is 0.277. The van der Waals surface area contributed by atoms with Crippen molar-refractivity contribution in [1.82, 2.24) is 0 Å². The highest BCUT2D eigenvalue weighted by Crippen LogP contribution is 2.24. The van der Waals surface area contributed by atoms with E-state index in [1.165, 1.54) is 0 Å². The van der Waals surface area contributed by atoms with Gasteiger partial charge >= 0.3 is 0 Å². The molecule has 35 heavy (non-hydrogen) atoms. The molecular formula is C30H50ClN3O. The molecule has 1 aromatic carbocycles. The predicted octanol–water partition coefficient (Wildman–Crippen LogP) is 10.1. The van der Waals surface area contributed by atoms with Gasteiger partial charge in [0.15, 0.2) is 0 Å².